The largest absolute Gasteiger partial charge is 0.307 e. The molecule has 0 bridgehead atoms. The lowest BCUT2D eigenvalue weighted by Gasteiger charge is -2.14. The molecule has 6 heteroatoms. The third-order valence-electron chi connectivity index (χ3n) is 3.02. The van der Waals surface area contributed by atoms with Gasteiger partial charge in [-0.2, -0.15) is 0 Å². The van der Waals surface area contributed by atoms with Crippen molar-refractivity contribution in [3.05, 3.63) is 45.4 Å². The van der Waals surface area contributed by atoms with Gasteiger partial charge in [0.15, 0.2) is 5.13 Å². The van der Waals surface area contributed by atoms with Crippen LogP contribution in [0.15, 0.2) is 34.1 Å². The van der Waals surface area contributed by atoms with Crippen LogP contribution in [0.3, 0.4) is 0 Å². The van der Waals surface area contributed by atoms with E-state index in [-0.39, 0.29) is 5.91 Å². The van der Waals surface area contributed by atoms with E-state index >= 15 is 0 Å². The highest BCUT2D eigenvalue weighted by Crippen LogP contribution is 2.20. The second kappa shape index (κ2) is 7.68. The predicted molar refractivity (Wildman–Crippen MR) is 90.5 cm³/mol. The molecule has 0 saturated carbocycles. The second-order valence-corrected chi connectivity index (χ2v) is 6.37. The topological polar surface area (TPSA) is 45.2 Å². The number of aromatic nitrogens is 1. The number of hydrogen-bond donors (Lipinski definition) is 1. The van der Waals surface area contributed by atoms with Gasteiger partial charge >= 0.3 is 0 Å². The van der Waals surface area contributed by atoms with Crippen LogP contribution in [-0.4, -0.2) is 17.4 Å². The standard InChI is InChI=1S/C15H18BrN3OS/c1-3-19(11(2)20)15-18-14(10-21-15)9-17-8-12-4-6-13(16)7-5-12/h4-7,10,17H,3,8-9H2,1-2H3. The van der Waals surface area contributed by atoms with E-state index in [4.69, 9.17) is 0 Å². The molecule has 0 spiro atoms. The fourth-order valence-corrected chi connectivity index (χ4v) is 3.13. The maximum atomic E-state index is 11.5. The second-order valence-electron chi connectivity index (χ2n) is 4.61. The lowest BCUT2D eigenvalue weighted by Crippen LogP contribution is -2.27. The van der Waals surface area contributed by atoms with Crippen LogP contribution in [0.1, 0.15) is 25.1 Å². The van der Waals surface area contributed by atoms with Gasteiger partial charge in [0.1, 0.15) is 0 Å². The summed E-state index contributed by atoms with van der Waals surface area (Å²) in [6.07, 6.45) is 0. The van der Waals surface area contributed by atoms with Gasteiger partial charge in [-0.05, 0) is 24.6 Å². The molecule has 1 heterocycles. The van der Waals surface area contributed by atoms with Gasteiger partial charge in [0.05, 0.1) is 5.69 Å². The Morgan fingerprint density at radius 2 is 2.05 bits per heavy atom. The molecule has 112 valence electrons. The average Bonchev–Trinajstić information content (AvgIpc) is 2.90. The zero-order valence-corrected chi connectivity index (χ0v) is 14.5. The van der Waals surface area contributed by atoms with Crippen LogP contribution in [0.25, 0.3) is 0 Å². The van der Waals surface area contributed by atoms with Crippen molar-refractivity contribution in [3.8, 4) is 0 Å². The molecule has 0 fully saturated rings. The lowest BCUT2D eigenvalue weighted by atomic mass is 10.2. The number of amides is 1. The summed E-state index contributed by atoms with van der Waals surface area (Å²) in [6.45, 7) is 5.66. The van der Waals surface area contributed by atoms with E-state index in [1.807, 2.05) is 24.4 Å². The Hall–Kier alpha value is -1.24. The van der Waals surface area contributed by atoms with Crippen molar-refractivity contribution in [1.29, 1.82) is 0 Å². The van der Waals surface area contributed by atoms with E-state index in [1.54, 1.807) is 11.8 Å². The zero-order chi connectivity index (χ0) is 15.2. The Labute approximate surface area is 137 Å². The molecule has 0 atom stereocenters. The minimum absolute atomic E-state index is 0.0289. The third-order valence-corrected chi connectivity index (χ3v) is 4.46. The molecule has 0 radical (unpaired) electrons. The minimum atomic E-state index is 0.0289. The Bertz CT molecular complexity index is 597. The fourth-order valence-electron chi connectivity index (χ4n) is 1.93. The molecule has 0 unspecified atom stereocenters. The number of rotatable bonds is 6. The van der Waals surface area contributed by atoms with Crippen molar-refractivity contribution in [2.75, 3.05) is 11.4 Å². The summed E-state index contributed by atoms with van der Waals surface area (Å²) >= 11 is 4.93. The van der Waals surface area contributed by atoms with Crippen molar-refractivity contribution in [2.24, 2.45) is 0 Å². The molecule has 4 nitrogen and oxygen atoms in total. The molecular formula is C15H18BrN3OS. The van der Waals surface area contributed by atoms with Crippen molar-refractivity contribution >= 4 is 38.3 Å². The summed E-state index contributed by atoms with van der Waals surface area (Å²) in [5.74, 6) is 0.0289. The minimum Gasteiger partial charge on any atom is -0.307 e. The third kappa shape index (κ3) is 4.62. The summed E-state index contributed by atoms with van der Waals surface area (Å²) in [5.41, 5.74) is 2.19. The number of halogens is 1. The highest BCUT2D eigenvalue weighted by Gasteiger charge is 2.13. The van der Waals surface area contributed by atoms with Crippen molar-refractivity contribution in [3.63, 3.8) is 0 Å². The first kappa shape index (κ1) is 16.1. The molecule has 0 saturated heterocycles. The fraction of sp³-hybridized carbons (Fsp3) is 0.333. The molecular weight excluding hydrogens is 350 g/mol. The Morgan fingerprint density at radius 1 is 1.33 bits per heavy atom. The molecule has 0 aliphatic heterocycles. The van der Waals surface area contributed by atoms with E-state index in [1.165, 1.54) is 16.9 Å². The van der Waals surface area contributed by atoms with Crippen LogP contribution in [-0.2, 0) is 17.9 Å². The summed E-state index contributed by atoms with van der Waals surface area (Å²) < 4.78 is 1.08. The SMILES string of the molecule is CCN(C(C)=O)c1nc(CNCc2ccc(Br)cc2)cs1. The summed E-state index contributed by atoms with van der Waals surface area (Å²) in [4.78, 5) is 17.7. The van der Waals surface area contributed by atoms with Gasteiger partial charge in [0.2, 0.25) is 5.91 Å². The van der Waals surface area contributed by atoms with E-state index < -0.39 is 0 Å². The maximum Gasteiger partial charge on any atom is 0.225 e. The number of nitrogens with one attached hydrogen (secondary N) is 1. The number of thiazole rings is 1. The number of anilines is 1. The molecule has 1 aromatic heterocycles. The number of nitrogens with zero attached hydrogens (tertiary/aromatic N) is 2. The number of carbonyl (C=O) groups excluding carboxylic acids is 1. The van der Waals surface area contributed by atoms with Crippen LogP contribution >= 0.6 is 27.3 Å². The van der Waals surface area contributed by atoms with Crippen molar-refractivity contribution in [1.82, 2.24) is 10.3 Å². The smallest absolute Gasteiger partial charge is 0.225 e. The van der Waals surface area contributed by atoms with E-state index in [9.17, 15) is 4.79 Å². The van der Waals surface area contributed by atoms with Crippen molar-refractivity contribution in [2.45, 2.75) is 26.9 Å². The molecule has 1 N–H and O–H groups in total. The molecule has 2 rings (SSSR count). The highest BCUT2D eigenvalue weighted by atomic mass is 79.9. The van der Waals surface area contributed by atoms with Gasteiger partial charge in [-0.1, -0.05) is 28.1 Å². The molecule has 2 aromatic rings. The molecule has 1 aromatic carbocycles. The van der Waals surface area contributed by atoms with Gasteiger partial charge in [-0.3, -0.25) is 9.69 Å². The quantitative estimate of drug-likeness (QED) is 0.848. The maximum absolute atomic E-state index is 11.5. The Balaban J connectivity index is 1.88. The molecule has 1 amide bonds. The summed E-state index contributed by atoms with van der Waals surface area (Å²) in [5, 5.41) is 6.13. The van der Waals surface area contributed by atoms with Gasteiger partial charge in [0, 0.05) is 36.4 Å². The highest BCUT2D eigenvalue weighted by molar-refractivity contribution is 9.10. The average molecular weight is 368 g/mol. The van der Waals surface area contributed by atoms with E-state index in [2.05, 4.69) is 38.4 Å². The van der Waals surface area contributed by atoms with E-state index in [0.29, 0.717) is 13.1 Å². The summed E-state index contributed by atoms with van der Waals surface area (Å²) in [7, 11) is 0. The monoisotopic (exact) mass is 367 g/mol. The van der Waals surface area contributed by atoms with Crippen molar-refractivity contribution < 1.29 is 4.79 Å². The first-order valence-corrected chi connectivity index (χ1v) is 8.45. The summed E-state index contributed by atoms with van der Waals surface area (Å²) in [6, 6.07) is 8.23. The van der Waals surface area contributed by atoms with Gasteiger partial charge in [-0.25, -0.2) is 4.98 Å². The lowest BCUT2D eigenvalue weighted by molar-refractivity contribution is -0.116. The molecule has 0 aliphatic rings. The predicted octanol–water partition coefficient (Wildman–Crippen LogP) is 3.57. The number of benzene rings is 1. The van der Waals surface area contributed by atoms with Crippen LogP contribution in [0, 0.1) is 0 Å². The van der Waals surface area contributed by atoms with Crippen LogP contribution in [0.2, 0.25) is 0 Å². The normalized spacial score (nSPS) is 10.6. The van der Waals surface area contributed by atoms with E-state index in [0.717, 1.165) is 21.8 Å². The van der Waals surface area contributed by atoms with Crippen LogP contribution in [0.5, 0.6) is 0 Å². The first-order chi connectivity index (χ1) is 10.1. The number of hydrogen-bond acceptors (Lipinski definition) is 4. The first-order valence-electron chi connectivity index (χ1n) is 6.77. The molecule has 0 aliphatic carbocycles. The molecule has 21 heavy (non-hydrogen) atoms. The Morgan fingerprint density at radius 3 is 2.67 bits per heavy atom. The number of carbonyl (C=O) groups is 1. The van der Waals surface area contributed by atoms with Gasteiger partial charge < -0.3 is 5.32 Å². The van der Waals surface area contributed by atoms with Gasteiger partial charge in [0.25, 0.3) is 0 Å². The van der Waals surface area contributed by atoms with Crippen LogP contribution < -0.4 is 10.2 Å². The Kier molecular flexibility index (Phi) is 5.90. The van der Waals surface area contributed by atoms with Crippen LogP contribution in [0.4, 0.5) is 5.13 Å². The van der Waals surface area contributed by atoms with Gasteiger partial charge in [-0.15, -0.1) is 11.3 Å². The zero-order valence-electron chi connectivity index (χ0n) is 12.1.